The van der Waals surface area contributed by atoms with E-state index in [1.54, 1.807) is 25.0 Å². The Morgan fingerprint density at radius 2 is 2.62 bits per heavy atom. The predicted molar refractivity (Wildman–Crippen MR) is 51.2 cm³/mol. The number of hydrogen-bond donors (Lipinski definition) is 1. The van der Waals surface area contributed by atoms with Gasteiger partial charge in [-0.3, -0.25) is 0 Å². The first-order valence-corrected chi connectivity index (χ1v) is 4.81. The molecule has 1 aromatic heterocycles. The van der Waals surface area contributed by atoms with Crippen molar-refractivity contribution in [3.63, 3.8) is 0 Å². The van der Waals surface area contributed by atoms with Gasteiger partial charge in [0.15, 0.2) is 0 Å². The van der Waals surface area contributed by atoms with E-state index >= 15 is 0 Å². The van der Waals surface area contributed by atoms with Gasteiger partial charge in [0.05, 0.1) is 11.1 Å². The van der Waals surface area contributed by atoms with Gasteiger partial charge in [-0.05, 0) is 13.1 Å². The van der Waals surface area contributed by atoms with E-state index in [-0.39, 0.29) is 6.04 Å². The minimum Gasteiger partial charge on any atom is -0.304 e. The highest BCUT2D eigenvalue weighted by atomic mass is 32.2. The van der Waals surface area contributed by atoms with Crippen molar-refractivity contribution < 1.29 is 0 Å². The van der Waals surface area contributed by atoms with E-state index < -0.39 is 0 Å². The average molecular weight is 194 g/mol. The smallest absolute Gasteiger partial charge is 0.116 e. The summed E-state index contributed by atoms with van der Waals surface area (Å²) < 4.78 is 0. The number of hydrogen-bond acceptors (Lipinski definition) is 5. The van der Waals surface area contributed by atoms with Crippen LogP contribution in [-0.4, -0.2) is 28.8 Å². The van der Waals surface area contributed by atoms with E-state index in [0.717, 1.165) is 5.03 Å². The zero-order chi connectivity index (χ0) is 9.52. The minimum absolute atomic E-state index is 0.125. The molecule has 1 aromatic rings. The summed E-state index contributed by atoms with van der Waals surface area (Å²) in [5.74, 6) is 0.698. The zero-order valence-electron chi connectivity index (χ0n) is 7.27. The Hall–Kier alpha value is -1.12. The summed E-state index contributed by atoms with van der Waals surface area (Å²) >= 11 is 1.54. The van der Waals surface area contributed by atoms with Crippen LogP contribution in [0, 0.1) is 11.3 Å². The maximum Gasteiger partial charge on any atom is 0.116 e. The van der Waals surface area contributed by atoms with E-state index in [2.05, 4.69) is 21.4 Å². The van der Waals surface area contributed by atoms with Crippen molar-refractivity contribution in [1.29, 1.82) is 5.26 Å². The van der Waals surface area contributed by atoms with E-state index in [1.165, 1.54) is 6.33 Å². The molecule has 0 aliphatic rings. The molecule has 0 spiro atoms. The van der Waals surface area contributed by atoms with Gasteiger partial charge in [-0.2, -0.15) is 5.26 Å². The Morgan fingerprint density at radius 1 is 1.77 bits per heavy atom. The molecule has 1 atom stereocenters. The summed E-state index contributed by atoms with van der Waals surface area (Å²) in [6.07, 6.45) is 3.19. The Labute approximate surface area is 81.4 Å². The molecule has 0 aliphatic carbocycles. The van der Waals surface area contributed by atoms with Crippen LogP contribution in [0.3, 0.4) is 0 Å². The third-order valence-electron chi connectivity index (χ3n) is 1.46. The molecule has 0 aromatic carbocycles. The molecular formula is C8H10N4S. The van der Waals surface area contributed by atoms with E-state index in [4.69, 9.17) is 5.26 Å². The Morgan fingerprint density at radius 3 is 3.15 bits per heavy atom. The first-order chi connectivity index (χ1) is 6.36. The standard InChI is InChI=1S/C8H10N4S/c1-10-7(4-9)5-13-8-2-3-11-6-12-8/h2-3,6-7,10H,5H2,1H3. The number of nitrogens with one attached hydrogen (secondary N) is 1. The molecule has 0 saturated heterocycles. The SMILES string of the molecule is CNC(C#N)CSc1ccncn1. The van der Waals surface area contributed by atoms with Gasteiger partial charge in [0.1, 0.15) is 12.4 Å². The Kier molecular flexibility index (Phi) is 4.23. The lowest BCUT2D eigenvalue weighted by Crippen LogP contribution is -2.25. The fourth-order valence-corrected chi connectivity index (χ4v) is 1.58. The number of aromatic nitrogens is 2. The molecule has 1 N–H and O–H groups in total. The lowest BCUT2D eigenvalue weighted by molar-refractivity contribution is 0.749. The maximum absolute atomic E-state index is 8.65. The van der Waals surface area contributed by atoms with Crippen LogP contribution < -0.4 is 5.32 Å². The summed E-state index contributed by atoms with van der Waals surface area (Å²) in [4.78, 5) is 7.84. The quantitative estimate of drug-likeness (QED) is 0.564. The first-order valence-electron chi connectivity index (χ1n) is 3.82. The number of rotatable bonds is 4. The predicted octanol–water partition coefficient (Wildman–Crippen LogP) is 0.680. The van der Waals surface area contributed by atoms with Crippen molar-refractivity contribution >= 4 is 11.8 Å². The third kappa shape index (κ3) is 3.40. The van der Waals surface area contributed by atoms with E-state index in [1.807, 2.05) is 6.07 Å². The molecule has 4 nitrogen and oxygen atoms in total. The van der Waals surface area contributed by atoms with Crippen LogP contribution in [0.15, 0.2) is 23.6 Å². The lowest BCUT2D eigenvalue weighted by Gasteiger charge is -2.05. The molecule has 1 heterocycles. The molecule has 5 heteroatoms. The molecule has 1 unspecified atom stereocenters. The highest BCUT2D eigenvalue weighted by molar-refractivity contribution is 7.99. The van der Waals surface area contributed by atoms with E-state index in [0.29, 0.717) is 5.75 Å². The molecule has 0 fully saturated rings. The molecule has 13 heavy (non-hydrogen) atoms. The summed E-state index contributed by atoms with van der Waals surface area (Å²) in [5.41, 5.74) is 0. The van der Waals surface area contributed by atoms with Crippen LogP contribution in [0.1, 0.15) is 0 Å². The Balaban J connectivity index is 2.40. The topological polar surface area (TPSA) is 61.6 Å². The highest BCUT2D eigenvalue weighted by Gasteiger charge is 2.04. The van der Waals surface area contributed by atoms with Crippen LogP contribution in [0.25, 0.3) is 0 Å². The van der Waals surface area contributed by atoms with Crippen LogP contribution >= 0.6 is 11.8 Å². The first kappa shape index (κ1) is 9.96. The average Bonchev–Trinajstić information content (AvgIpc) is 2.21. The van der Waals surface area contributed by atoms with Crippen molar-refractivity contribution in [3.8, 4) is 6.07 Å². The largest absolute Gasteiger partial charge is 0.304 e. The van der Waals surface area contributed by atoms with Crippen LogP contribution in [0.4, 0.5) is 0 Å². The fourth-order valence-electron chi connectivity index (χ4n) is 0.718. The summed E-state index contributed by atoms with van der Waals surface area (Å²) in [5, 5.41) is 12.4. The van der Waals surface area contributed by atoms with Gasteiger partial charge in [-0.1, -0.05) is 0 Å². The molecule has 0 bridgehead atoms. The van der Waals surface area contributed by atoms with Gasteiger partial charge < -0.3 is 5.32 Å². The van der Waals surface area contributed by atoms with Crippen LogP contribution in [0.2, 0.25) is 0 Å². The van der Waals surface area contributed by atoms with Crippen molar-refractivity contribution in [1.82, 2.24) is 15.3 Å². The minimum atomic E-state index is -0.125. The molecule has 0 radical (unpaired) electrons. The number of thioether (sulfide) groups is 1. The lowest BCUT2D eigenvalue weighted by atomic mass is 10.4. The second-order valence-corrected chi connectivity index (χ2v) is 3.37. The zero-order valence-corrected chi connectivity index (χ0v) is 8.08. The second kappa shape index (κ2) is 5.51. The van der Waals surface area contributed by atoms with Gasteiger partial charge in [-0.15, -0.1) is 11.8 Å². The summed E-state index contributed by atoms with van der Waals surface area (Å²) in [6.45, 7) is 0. The van der Waals surface area contributed by atoms with Crippen molar-refractivity contribution in [2.45, 2.75) is 11.1 Å². The van der Waals surface area contributed by atoms with Gasteiger partial charge >= 0.3 is 0 Å². The van der Waals surface area contributed by atoms with Gasteiger partial charge in [-0.25, -0.2) is 9.97 Å². The van der Waals surface area contributed by atoms with Gasteiger partial charge in [0, 0.05) is 11.9 Å². The highest BCUT2D eigenvalue weighted by Crippen LogP contribution is 2.13. The molecule has 0 aliphatic heterocycles. The maximum atomic E-state index is 8.65. The molecule has 1 rings (SSSR count). The van der Waals surface area contributed by atoms with Gasteiger partial charge in [0.25, 0.3) is 0 Å². The van der Waals surface area contributed by atoms with Crippen LogP contribution in [-0.2, 0) is 0 Å². The normalized spacial score (nSPS) is 12.0. The number of nitriles is 1. The van der Waals surface area contributed by atoms with Crippen molar-refractivity contribution in [2.24, 2.45) is 0 Å². The molecule has 0 amide bonds. The Bertz CT molecular complexity index is 282. The van der Waals surface area contributed by atoms with Gasteiger partial charge in [0.2, 0.25) is 0 Å². The number of nitrogens with zero attached hydrogens (tertiary/aromatic N) is 3. The molecular weight excluding hydrogens is 184 g/mol. The molecule has 68 valence electrons. The summed E-state index contributed by atoms with van der Waals surface area (Å²) in [6, 6.07) is 3.85. The molecule has 0 saturated carbocycles. The van der Waals surface area contributed by atoms with Crippen molar-refractivity contribution in [3.05, 3.63) is 18.6 Å². The third-order valence-corrected chi connectivity index (χ3v) is 2.49. The summed E-state index contributed by atoms with van der Waals surface area (Å²) in [7, 11) is 1.77. The fraction of sp³-hybridized carbons (Fsp3) is 0.375. The van der Waals surface area contributed by atoms with Crippen molar-refractivity contribution in [2.75, 3.05) is 12.8 Å². The van der Waals surface area contributed by atoms with E-state index in [9.17, 15) is 0 Å². The second-order valence-electron chi connectivity index (χ2n) is 2.33. The van der Waals surface area contributed by atoms with Crippen LogP contribution in [0.5, 0.6) is 0 Å². The monoisotopic (exact) mass is 194 g/mol.